The third-order valence-corrected chi connectivity index (χ3v) is 3.69. The zero-order valence-corrected chi connectivity index (χ0v) is 12.2. The summed E-state index contributed by atoms with van der Waals surface area (Å²) in [5, 5.41) is 3.42. The van der Waals surface area contributed by atoms with Crippen molar-refractivity contribution in [2.75, 3.05) is 20.1 Å². The molecule has 0 saturated heterocycles. The van der Waals surface area contributed by atoms with Crippen molar-refractivity contribution in [2.24, 2.45) is 0 Å². The van der Waals surface area contributed by atoms with Gasteiger partial charge in [-0.25, -0.2) is 13.1 Å². The normalized spacial score (nSPS) is 11.0. The van der Waals surface area contributed by atoms with Crippen molar-refractivity contribution in [3.05, 3.63) is 28.2 Å². The van der Waals surface area contributed by atoms with Gasteiger partial charge in [0.05, 0.1) is 4.90 Å². The number of hydrogen-bond acceptors (Lipinski definition) is 3. The highest BCUT2D eigenvalue weighted by Gasteiger charge is 2.14. The van der Waals surface area contributed by atoms with E-state index in [9.17, 15) is 8.42 Å². The highest BCUT2D eigenvalue weighted by Crippen LogP contribution is 2.21. The second-order valence-corrected chi connectivity index (χ2v) is 5.75. The average molecular weight is 320 g/mol. The molecule has 0 aromatic heterocycles. The molecule has 0 spiro atoms. The number of likely N-dealkylation sites (N-methyl/N-ethyl adjacent to an activating group) is 1. The topological polar surface area (TPSA) is 58.2 Å². The van der Waals surface area contributed by atoms with Crippen LogP contribution in [0, 0.1) is 0 Å². The van der Waals surface area contributed by atoms with E-state index in [1.165, 1.54) is 18.2 Å². The summed E-state index contributed by atoms with van der Waals surface area (Å²) >= 11 is 11.5. The van der Waals surface area contributed by atoms with E-state index in [4.69, 9.17) is 23.2 Å². The van der Waals surface area contributed by atoms with Gasteiger partial charge in [-0.15, -0.1) is 12.4 Å². The van der Waals surface area contributed by atoms with E-state index in [2.05, 4.69) is 10.0 Å². The number of hydrogen-bond donors (Lipinski definition) is 2. The Balaban J connectivity index is 0.00000256. The minimum absolute atomic E-state index is 0. The molecule has 0 heterocycles. The van der Waals surface area contributed by atoms with Crippen molar-refractivity contribution in [2.45, 2.75) is 4.90 Å². The van der Waals surface area contributed by atoms with Gasteiger partial charge in [0.25, 0.3) is 0 Å². The first kappa shape index (κ1) is 17.0. The van der Waals surface area contributed by atoms with Crippen LogP contribution in [0.25, 0.3) is 0 Å². The molecule has 17 heavy (non-hydrogen) atoms. The minimum atomic E-state index is -3.54. The summed E-state index contributed by atoms with van der Waals surface area (Å²) in [7, 11) is -1.80. The van der Waals surface area contributed by atoms with Crippen molar-refractivity contribution in [3.63, 3.8) is 0 Å². The summed E-state index contributed by atoms with van der Waals surface area (Å²) in [4.78, 5) is 0.0705. The van der Waals surface area contributed by atoms with Crippen LogP contribution in [0.15, 0.2) is 23.1 Å². The summed E-state index contributed by atoms with van der Waals surface area (Å²) < 4.78 is 25.9. The Morgan fingerprint density at radius 3 is 2.12 bits per heavy atom. The predicted octanol–water partition coefficient (Wildman–Crippen LogP) is 1.91. The summed E-state index contributed by atoms with van der Waals surface area (Å²) in [5.74, 6) is 0. The molecule has 0 aliphatic carbocycles. The molecule has 8 heteroatoms. The van der Waals surface area contributed by atoms with Gasteiger partial charge >= 0.3 is 0 Å². The summed E-state index contributed by atoms with van der Waals surface area (Å²) in [6.45, 7) is 0.858. The molecule has 0 fully saturated rings. The monoisotopic (exact) mass is 318 g/mol. The van der Waals surface area contributed by atoms with Crippen LogP contribution in [0.1, 0.15) is 0 Å². The van der Waals surface area contributed by atoms with Crippen molar-refractivity contribution in [1.29, 1.82) is 0 Å². The Morgan fingerprint density at radius 2 is 1.65 bits per heavy atom. The van der Waals surface area contributed by atoms with Gasteiger partial charge in [0, 0.05) is 23.1 Å². The summed E-state index contributed by atoms with van der Waals surface area (Å²) in [6, 6.07) is 4.19. The lowest BCUT2D eigenvalue weighted by Crippen LogP contribution is -2.30. The average Bonchev–Trinajstić information content (AvgIpc) is 2.16. The van der Waals surface area contributed by atoms with Gasteiger partial charge in [0.1, 0.15) is 0 Å². The Morgan fingerprint density at radius 1 is 1.12 bits per heavy atom. The van der Waals surface area contributed by atoms with Gasteiger partial charge in [0.2, 0.25) is 10.0 Å². The Labute approximate surface area is 117 Å². The van der Waals surface area contributed by atoms with E-state index in [0.29, 0.717) is 23.1 Å². The van der Waals surface area contributed by atoms with Crippen LogP contribution >= 0.6 is 35.6 Å². The second-order valence-electron chi connectivity index (χ2n) is 3.11. The molecule has 1 rings (SSSR count). The van der Waals surface area contributed by atoms with Gasteiger partial charge in [-0.3, -0.25) is 0 Å². The Bertz CT molecular complexity index is 445. The first-order valence-corrected chi connectivity index (χ1v) is 6.80. The highest BCUT2D eigenvalue weighted by atomic mass is 35.5. The maximum absolute atomic E-state index is 11.8. The van der Waals surface area contributed by atoms with Crippen LogP contribution in [0.4, 0.5) is 0 Å². The molecule has 1 aromatic carbocycles. The van der Waals surface area contributed by atoms with E-state index in [0.717, 1.165) is 0 Å². The predicted molar refractivity (Wildman–Crippen MR) is 72.8 cm³/mol. The molecular weight excluding hydrogens is 307 g/mol. The number of nitrogens with one attached hydrogen (secondary N) is 2. The molecule has 0 aliphatic rings. The fourth-order valence-corrected chi connectivity index (χ4v) is 2.83. The van der Waals surface area contributed by atoms with E-state index < -0.39 is 10.0 Å². The smallest absolute Gasteiger partial charge is 0.240 e. The number of benzene rings is 1. The third kappa shape index (κ3) is 5.42. The van der Waals surface area contributed by atoms with Crippen molar-refractivity contribution in [1.82, 2.24) is 10.0 Å². The van der Waals surface area contributed by atoms with Crippen molar-refractivity contribution < 1.29 is 8.42 Å². The standard InChI is InChI=1S/C9H12Cl2N2O2S.ClH/c1-12-2-3-13-16(14,15)9-5-7(10)4-8(11)6-9;/h4-6,12-13H,2-3H2,1H3;1H. The molecule has 98 valence electrons. The molecule has 1 aromatic rings. The first-order valence-electron chi connectivity index (χ1n) is 4.56. The minimum Gasteiger partial charge on any atom is -0.318 e. The quantitative estimate of drug-likeness (QED) is 0.815. The van der Waals surface area contributed by atoms with E-state index >= 15 is 0 Å². The van der Waals surface area contributed by atoms with Crippen LogP contribution in [-0.4, -0.2) is 28.6 Å². The maximum Gasteiger partial charge on any atom is 0.240 e. The number of sulfonamides is 1. The van der Waals surface area contributed by atoms with Crippen molar-refractivity contribution >= 4 is 45.6 Å². The lowest BCUT2D eigenvalue weighted by molar-refractivity contribution is 0.579. The molecule has 0 bridgehead atoms. The number of halogens is 3. The molecule has 0 amide bonds. The van der Waals surface area contributed by atoms with Gasteiger partial charge in [0.15, 0.2) is 0 Å². The molecule has 0 radical (unpaired) electrons. The van der Waals surface area contributed by atoms with Crippen LogP contribution in [-0.2, 0) is 10.0 Å². The van der Waals surface area contributed by atoms with Crippen LogP contribution < -0.4 is 10.0 Å². The van der Waals surface area contributed by atoms with Gasteiger partial charge < -0.3 is 5.32 Å². The lowest BCUT2D eigenvalue weighted by atomic mass is 10.4. The molecular formula is C9H13Cl3N2O2S. The maximum atomic E-state index is 11.8. The fourth-order valence-electron chi connectivity index (χ4n) is 1.08. The van der Waals surface area contributed by atoms with Crippen LogP contribution in [0.2, 0.25) is 10.0 Å². The zero-order valence-electron chi connectivity index (χ0n) is 9.04. The lowest BCUT2D eigenvalue weighted by Gasteiger charge is -2.07. The van der Waals surface area contributed by atoms with Gasteiger partial charge in [-0.05, 0) is 25.2 Å². The molecule has 0 unspecified atom stereocenters. The van der Waals surface area contributed by atoms with Crippen LogP contribution in [0.5, 0.6) is 0 Å². The SMILES string of the molecule is CNCCNS(=O)(=O)c1cc(Cl)cc(Cl)c1.Cl. The molecule has 0 atom stereocenters. The molecule has 4 nitrogen and oxygen atoms in total. The second kappa shape index (κ2) is 7.41. The largest absolute Gasteiger partial charge is 0.318 e. The fraction of sp³-hybridized carbons (Fsp3) is 0.333. The first-order chi connectivity index (χ1) is 7.45. The molecule has 0 saturated carbocycles. The third-order valence-electron chi connectivity index (χ3n) is 1.81. The Hall–Kier alpha value is -0.0400. The van der Waals surface area contributed by atoms with Gasteiger partial charge in [-0.2, -0.15) is 0 Å². The van der Waals surface area contributed by atoms with Crippen LogP contribution in [0.3, 0.4) is 0 Å². The molecule has 0 aliphatic heterocycles. The van der Waals surface area contributed by atoms with E-state index in [-0.39, 0.29) is 17.3 Å². The summed E-state index contributed by atoms with van der Waals surface area (Å²) in [5.41, 5.74) is 0. The Kier molecular flexibility index (Phi) is 7.39. The molecule has 2 N–H and O–H groups in total. The van der Waals surface area contributed by atoms with E-state index in [1.54, 1.807) is 7.05 Å². The van der Waals surface area contributed by atoms with E-state index in [1.807, 2.05) is 0 Å². The highest BCUT2D eigenvalue weighted by molar-refractivity contribution is 7.89. The number of rotatable bonds is 5. The van der Waals surface area contributed by atoms with Crippen molar-refractivity contribution in [3.8, 4) is 0 Å². The van der Waals surface area contributed by atoms with Gasteiger partial charge in [-0.1, -0.05) is 23.2 Å². The summed E-state index contributed by atoms with van der Waals surface area (Å²) in [6.07, 6.45) is 0. The zero-order chi connectivity index (χ0) is 12.2.